The van der Waals surface area contributed by atoms with Gasteiger partial charge in [0.05, 0.1) is 5.56 Å². The molecule has 0 saturated carbocycles. The average Bonchev–Trinajstić information content (AvgIpc) is 2.88. The quantitative estimate of drug-likeness (QED) is 0.692. The van der Waals surface area contributed by atoms with Crippen molar-refractivity contribution >= 4 is 11.9 Å². The summed E-state index contributed by atoms with van der Waals surface area (Å²) in [4.78, 5) is 22.2. The van der Waals surface area contributed by atoms with Crippen molar-refractivity contribution in [3.05, 3.63) is 47.3 Å². The summed E-state index contributed by atoms with van der Waals surface area (Å²) < 4.78 is 47.0. The zero-order chi connectivity index (χ0) is 15.6. The van der Waals surface area contributed by atoms with Crippen LogP contribution in [0.1, 0.15) is 26.6 Å². The Morgan fingerprint density at radius 3 is 2.48 bits per heavy atom. The standard InChI is InChI=1S/C12H6F3NO5/c13-12(14,15)6-3-1-2-4-8(6)20-11(19)7-5-9(10(17)18)21-16-7/h1-5H,(H,17,18). The first-order valence-corrected chi connectivity index (χ1v) is 5.37. The van der Waals surface area contributed by atoms with Crippen LogP contribution in [-0.2, 0) is 6.18 Å². The third-order valence-corrected chi connectivity index (χ3v) is 2.33. The van der Waals surface area contributed by atoms with Gasteiger partial charge in [-0.15, -0.1) is 0 Å². The van der Waals surface area contributed by atoms with Crippen LogP contribution in [-0.4, -0.2) is 22.2 Å². The van der Waals surface area contributed by atoms with Crippen LogP contribution in [0.5, 0.6) is 5.75 Å². The number of carboxylic acids is 1. The minimum absolute atomic E-state index is 0.552. The number of para-hydroxylation sites is 1. The van der Waals surface area contributed by atoms with E-state index in [0.717, 1.165) is 24.3 Å². The van der Waals surface area contributed by atoms with Gasteiger partial charge >= 0.3 is 18.1 Å². The number of nitrogens with zero attached hydrogens (tertiary/aromatic N) is 1. The first-order valence-electron chi connectivity index (χ1n) is 5.37. The lowest BCUT2D eigenvalue weighted by molar-refractivity contribution is -0.138. The largest absolute Gasteiger partial charge is 0.475 e. The Balaban J connectivity index is 2.25. The average molecular weight is 301 g/mol. The molecule has 0 saturated heterocycles. The summed E-state index contributed by atoms with van der Waals surface area (Å²) >= 11 is 0. The number of carboxylic acid groups (broad SMARTS) is 1. The number of carbonyl (C=O) groups excluding carboxylic acids is 1. The van der Waals surface area contributed by atoms with Gasteiger partial charge in [0, 0.05) is 6.07 Å². The topological polar surface area (TPSA) is 89.6 Å². The van der Waals surface area contributed by atoms with Crippen molar-refractivity contribution in [1.29, 1.82) is 0 Å². The van der Waals surface area contributed by atoms with Crippen LogP contribution < -0.4 is 4.74 Å². The number of carbonyl (C=O) groups is 2. The molecule has 0 radical (unpaired) electrons. The van der Waals surface area contributed by atoms with E-state index in [9.17, 15) is 22.8 Å². The molecular formula is C12H6F3NO5. The van der Waals surface area contributed by atoms with Crippen LogP contribution in [0.3, 0.4) is 0 Å². The zero-order valence-electron chi connectivity index (χ0n) is 10.0. The fraction of sp³-hybridized carbons (Fsp3) is 0.0833. The van der Waals surface area contributed by atoms with Gasteiger partial charge < -0.3 is 14.4 Å². The molecule has 6 nitrogen and oxygen atoms in total. The molecule has 0 bridgehead atoms. The molecule has 0 atom stereocenters. The van der Waals surface area contributed by atoms with Gasteiger partial charge in [-0.05, 0) is 12.1 Å². The first-order chi connectivity index (χ1) is 9.79. The van der Waals surface area contributed by atoms with Crippen molar-refractivity contribution in [1.82, 2.24) is 5.16 Å². The molecule has 0 aliphatic rings. The van der Waals surface area contributed by atoms with Gasteiger partial charge in [0.2, 0.25) is 5.76 Å². The normalized spacial score (nSPS) is 11.2. The molecule has 21 heavy (non-hydrogen) atoms. The molecule has 2 rings (SSSR count). The lowest BCUT2D eigenvalue weighted by atomic mass is 10.2. The molecule has 1 aromatic carbocycles. The number of hydrogen-bond donors (Lipinski definition) is 1. The van der Waals surface area contributed by atoms with Crippen LogP contribution >= 0.6 is 0 Å². The highest BCUT2D eigenvalue weighted by atomic mass is 19.4. The number of ether oxygens (including phenoxy) is 1. The summed E-state index contributed by atoms with van der Waals surface area (Å²) in [5.74, 6) is -4.08. The molecule has 2 aromatic rings. The van der Waals surface area contributed by atoms with Crippen molar-refractivity contribution in [2.75, 3.05) is 0 Å². The van der Waals surface area contributed by atoms with E-state index in [1.54, 1.807) is 0 Å². The van der Waals surface area contributed by atoms with E-state index in [4.69, 9.17) is 5.11 Å². The van der Waals surface area contributed by atoms with Crippen molar-refractivity contribution in [3.8, 4) is 5.75 Å². The van der Waals surface area contributed by atoms with Gasteiger partial charge in [0.25, 0.3) is 0 Å². The number of rotatable bonds is 3. The Morgan fingerprint density at radius 1 is 1.24 bits per heavy atom. The second kappa shape index (κ2) is 5.27. The molecule has 1 heterocycles. The van der Waals surface area contributed by atoms with E-state index < -0.39 is 40.9 Å². The number of aromatic nitrogens is 1. The number of aromatic carboxylic acids is 1. The molecular weight excluding hydrogens is 295 g/mol. The Bertz CT molecular complexity index is 692. The fourth-order valence-electron chi connectivity index (χ4n) is 1.41. The van der Waals surface area contributed by atoms with Crippen molar-refractivity contribution < 1.29 is 37.1 Å². The first kappa shape index (κ1) is 14.6. The van der Waals surface area contributed by atoms with Crippen LogP contribution in [0.4, 0.5) is 13.2 Å². The minimum atomic E-state index is -4.70. The Hall–Kier alpha value is -2.84. The summed E-state index contributed by atoms with van der Waals surface area (Å²) in [5, 5.41) is 11.7. The van der Waals surface area contributed by atoms with E-state index in [-0.39, 0.29) is 0 Å². The number of hydrogen-bond acceptors (Lipinski definition) is 5. The Kier molecular flexibility index (Phi) is 3.66. The van der Waals surface area contributed by atoms with E-state index in [1.165, 1.54) is 6.07 Å². The molecule has 0 fully saturated rings. The van der Waals surface area contributed by atoms with Crippen molar-refractivity contribution in [3.63, 3.8) is 0 Å². The van der Waals surface area contributed by atoms with Crippen LogP contribution in [0, 0.1) is 0 Å². The Labute approximate surface area is 114 Å². The van der Waals surface area contributed by atoms with Crippen LogP contribution in [0.25, 0.3) is 0 Å². The molecule has 0 unspecified atom stereocenters. The smallest absolute Gasteiger partial charge is 0.419 e. The molecule has 110 valence electrons. The Morgan fingerprint density at radius 2 is 1.90 bits per heavy atom. The van der Waals surface area contributed by atoms with Crippen LogP contribution in [0.2, 0.25) is 0 Å². The van der Waals surface area contributed by atoms with E-state index in [0.29, 0.717) is 0 Å². The van der Waals surface area contributed by atoms with Gasteiger partial charge in [-0.1, -0.05) is 17.3 Å². The molecule has 0 aliphatic carbocycles. The minimum Gasteiger partial charge on any atom is -0.475 e. The van der Waals surface area contributed by atoms with E-state index in [1.807, 2.05) is 0 Å². The number of esters is 1. The predicted octanol–water partition coefficient (Wildman–Crippen LogP) is 2.61. The van der Waals surface area contributed by atoms with E-state index >= 15 is 0 Å². The van der Waals surface area contributed by atoms with Crippen molar-refractivity contribution in [2.45, 2.75) is 6.18 Å². The highest BCUT2D eigenvalue weighted by Gasteiger charge is 2.35. The summed E-state index contributed by atoms with van der Waals surface area (Å²) in [5.41, 5.74) is -1.69. The highest BCUT2D eigenvalue weighted by molar-refractivity contribution is 5.92. The summed E-state index contributed by atoms with van der Waals surface area (Å²) in [6.07, 6.45) is -4.70. The number of benzene rings is 1. The molecule has 0 aliphatic heterocycles. The maximum absolute atomic E-state index is 12.7. The molecule has 1 aromatic heterocycles. The predicted molar refractivity (Wildman–Crippen MR) is 59.9 cm³/mol. The zero-order valence-corrected chi connectivity index (χ0v) is 10.0. The highest BCUT2D eigenvalue weighted by Crippen LogP contribution is 2.36. The maximum Gasteiger partial charge on any atom is 0.419 e. The maximum atomic E-state index is 12.7. The molecule has 9 heteroatoms. The van der Waals surface area contributed by atoms with Gasteiger partial charge in [-0.3, -0.25) is 0 Å². The van der Waals surface area contributed by atoms with Gasteiger partial charge in [-0.25, -0.2) is 9.59 Å². The third-order valence-electron chi connectivity index (χ3n) is 2.33. The second-order valence-corrected chi connectivity index (χ2v) is 3.76. The summed E-state index contributed by atoms with van der Waals surface area (Å²) in [6, 6.07) is 4.84. The van der Waals surface area contributed by atoms with Gasteiger partial charge in [-0.2, -0.15) is 13.2 Å². The number of alkyl halides is 3. The second-order valence-electron chi connectivity index (χ2n) is 3.76. The lowest BCUT2D eigenvalue weighted by Gasteiger charge is -2.11. The van der Waals surface area contributed by atoms with Crippen LogP contribution in [0.15, 0.2) is 34.9 Å². The van der Waals surface area contributed by atoms with Gasteiger partial charge in [0.1, 0.15) is 5.75 Å². The van der Waals surface area contributed by atoms with E-state index in [2.05, 4.69) is 14.4 Å². The third kappa shape index (κ3) is 3.19. The molecule has 0 spiro atoms. The molecule has 0 amide bonds. The van der Waals surface area contributed by atoms with Gasteiger partial charge in [0.15, 0.2) is 5.69 Å². The monoisotopic (exact) mass is 301 g/mol. The lowest BCUT2D eigenvalue weighted by Crippen LogP contribution is -2.14. The SMILES string of the molecule is O=C(Oc1ccccc1C(F)(F)F)c1cc(C(=O)O)on1. The fourth-order valence-corrected chi connectivity index (χ4v) is 1.41. The summed E-state index contributed by atoms with van der Waals surface area (Å²) in [7, 11) is 0. The summed E-state index contributed by atoms with van der Waals surface area (Å²) in [6.45, 7) is 0. The van der Waals surface area contributed by atoms with Crippen molar-refractivity contribution in [2.24, 2.45) is 0 Å². The molecule has 1 N–H and O–H groups in total. The number of halogens is 3.